The van der Waals surface area contributed by atoms with Gasteiger partial charge in [-0.2, -0.15) is 0 Å². The number of phenols is 1. The predicted molar refractivity (Wildman–Crippen MR) is 85.3 cm³/mol. The van der Waals surface area contributed by atoms with Crippen molar-refractivity contribution < 1.29 is 9.90 Å². The van der Waals surface area contributed by atoms with Gasteiger partial charge >= 0.3 is 0 Å². The van der Waals surface area contributed by atoms with E-state index < -0.39 is 0 Å². The lowest BCUT2D eigenvalue weighted by molar-refractivity contribution is 0.0935. The number of rotatable bonds is 5. The van der Waals surface area contributed by atoms with Crippen molar-refractivity contribution in [3.05, 3.63) is 27.3 Å². The summed E-state index contributed by atoms with van der Waals surface area (Å²) in [5.41, 5.74) is 0.548. The molecule has 1 amide bonds. The van der Waals surface area contributed by atoms with Crippen LogP contribution in [0, 0.1) is 8.99 Å². The maximum absolute atomic E-state index is 11.9. The highest BCUT2D eigenvalue weighted by Gasteiger charge is 2.18. The summed E-state index contributed by atoms with van der Waals surface area (Å²) in [5.74, 6) is -0.00711. The number of hydrogen-bond donors (Lipinski definition) is 2. The van der Waals surface area contributed by atoms with E-state index in [0.29, 0.717) is 12.1 Å². The lowest BCUT2D eigenvalue weighted by Crippen LogP contribution is -2.34. The molecule has 0 fully saturated rings. The maximum Gasteiger partial charge on any atom is 0.251 e. The summed E-state index contributed by atoms with van der Waals surface area (Å²) in [6.45, 7) is 4.84. The van der Waals surface area contributed by atoms with E-state index in [0.717, 1.165) is 15.3 Å². The molecule has 2 N–H and O–H groups in total. The van der Waals surface area contributed by atoms with E-state index in [1.165, 1.54) is 6.07 Å². The van der Waals surface area contributed by atoms with Gasteiger partial charge in [0, 0.05) is 17.4 Å². The van der Waals surface area contributed by atoms with Gasteiger partial charge in [0.15, 0.2) is 0 Å². The molecule has 0 saturated heterocycles. The van der Waals surface area contributed by atoms with Crippen molar-refractivity contribution in [3.8, 4) is 5.75 Å². The Hall–Kier alpha value is -0.300. The van der Waals surface area contributed by atoms with E-state index in [-0.39, 0.29) is 17.1 Å². The van der Waals surface area contributed by atoms with Crippen LogP contribution >= 0.6 is 38.5 Å². The predicted octanol–water partition coefficient (Wildman–Crippen LogP) is 3.54. The van der Waals surface area contributed by atoms with Gasteiger partial charge in [0.05, 0.1) is 3.57 Å². The van der Waals surface area contributed by atoms with Crippen LogP contribution in [0.5, 0.6) is 5.75 Å². The third-order valence-corrected chi connectivity index (χ3v) is 4.02. The molecule has 0 bridgehead atoms. The van der Waals surface area contributed by atoms with Crippen molar-refractivity contribution in [3.63, 3.8) is 0 Å². The van der Waals surface area contributed by atoms with E-state index in [1.54, 1.807) is 12.1 Å². The molecule has 0 aromatic heterocycles. The zero-order chi connectivity index (χ0) is 13.8. The average Bonchev–Trinajstić information content (AvgIpc) is 2.30. The van der Waals surface area contributed by atoms with E-state index in [1.807, 2.05) is 22.6 Å². The normalized spacial score (nSPS) is 11.3. The lowest BCUT2D eigenvalue weighted by atomic mass is 9.90. The molecule has 5 heteroatoms. The number of alkyl halides is 1. The standard InChI is InChI=1S/C13H17BrINO2/c1-13(2,5-6-14)8-16-12(18)9-3-4-10(15)11(17)7-9/h3-4,7,17H,5-6,8H2,1-2H3,(H,16,18). The molecule has 0 radical (unpaired) electrons. The summed E-state index contributed by atoms with van der Waals surface area (Å²) in [4.78, 5) is 11.9. The number of carbonyl (C=O) groups excluding carboxylic acids is 1. The molecule has 0 unspecified atom stereocenters. The zero-order valence-corrected chi connectivity index (χ0v) is 14.2. The number of halogens is 2. The van der Waals surface area contributed by atoms with Gasteiger partial charge < -0.3 is 10.4 Å². The summed E-state index contributed by atoms with van der Waals surface area (Å²) in [7, 11) is 0. The first kappa shape index (κ1) is 15.8. The van der Waals surface area contributed by atoms with E-state index in [2.05, 4.69) is 35.1 Å². The summed E-state index contributed by atoms with van der Waals surface area (Å²) in [6, 6.07) is 4.94. The van der Waals surface area contributed by atoms with Crippen LogP contribution in [0.1, 0.15) is 30.6 Å². The van der Waals surface area contributed by atoms with Crippen molar-refractivity contribution >= 4 is 44.4 Å². The monoisotopic (exact) mass is 425 g/mol. The molecule has 18 heavy (non-hydrogen) atoms. The second-order valence-corrected chi connectivity index (χ2v) is 6.91. The van der Waals surface area contributed by atoms with Gasteiger partial charge in [0.2, 0.25) is 0 Å². The maximum atomic E-state index is 11.9. The number of aromatic hydroxyl groups is 1. The number of phenolic OH excluding ortho intramolecular Hbond substituents is 1. The smallest absolute Gasteiger partial charge is 0.251 e. The van der Waals surface area contributed by atoms with Gasteiger partial charge in [-0.1, -0.05) is 29.8 Å². The zero-order valence-electron chi connectivity index (χ0n) is 10.5. The van der Waals surface area contributed by atoms with Crippen LogP contribution in [-0.4, -0.2) is 22.9 Å². The fourth-order valence-electron chi connectivity index (χ4n) is 1.42. The molecule has 0 spiro atoms. The quantitative estimate of drug-likeness (QED) is 0.560. The van der Waals surface area contributed by atoms with Crippen LogP contribution in [0.2, 0.25) is 0 Å². The second-order valence-electron chi connectivity index (χ2n) is 4.95. The Morgan fingerprint density at radius 1 is 1.50 bits per heavy atom. The third-order valence-electron chi connectivity index (χ3n) is 2.71. The largest absolute Gasteiger partial charge is 0.507 e. The minimum absolute atomic E-state index is 0.0599. The van der Waals surface area contributed by atoms with Crippen molar-refractivity contribution in [1.29, 1.82) is 0 Å². The number of amides is 1. The van der Waals surface area contributed by atoms with Crippen molar-refractivity contribution in [2.75, 3.05) is 11.9 Å². The van der Waals surface area contributed by atoms with Crippen molar-refractivity contribution in [2.45, 2.75) is 20.3 Å². The Kier molecular flexibility index (Phi) is 5.91. The first-order valence-corrected chi connectivity index (χ1v) is 7.88. The minimum atomic E-state index is -0.149. The Labute approximate surface area is 130 Å². The molecular weight excluding hydrogens is 409 g/mol. The third kappa shape index (κ3) is 4.76. The summed E-state index contributed by atoms with van der Waals surface area (Å²) < 4.78 is 0.740. The van der Waals surface area contributed by atoms with Crippen molar-refractivity contribution in [2.24, 2.45) is 5.41 Å². The molecule has 0 aliphatic heterocycles. The lowest BCUT2D eigenvalue weighted by Gasteiger charge is -2.23. The fraction of sp³-hybridized carbons (Fsp3) is 0.462. The van der Waals surface area contributed by atoms with Crippen LogP contribution in [-0.2, 0) is 0 Å². The van der Waals surface area contributed by atoms with Crippen LogP contribution in [0.25, 0.3) is 0 Å². The van der Waals surface area contributed by atoms with Crippen LogP contribution in [0.15, 0.2) is 18.2 Å². The van der Waals surface area contributed by atoms with Gasteiger partial charge in [0.25, 0.3) is 5.91 Å². The Balaban J connectivity index is 2.63. The molecular formula is C13H17BrINO2. The fourth-order valence-corrected chi connectivity index (χ4v) is 2.83. The number of benzene rings is 1. The van der Waals surface area contributed by atoms with E-state index in [9.17, 15) is 9.90 Å². The van der Waals surface area contributed by atoms with Gasteiger partial charge in [-0.05, 0) is 52.6 Å². The Morgan fingerprint density at radius 2 is 2.17 bits per heavy atom. The van der Waals surface area contributed by atoms with Crippen LogP contribution in [0.4, 0.5) is 0 Å². The van der Waals surface area contributed by atoms with Crippen LogP contribution in [0.3, 0.4) is 0 Å². The summed E-state index contributed by atoms with van der Waals surface area (Å²) in [6.07, 6.45) is 0.991. The molecule has 0 aliphatic carbocycles. The molecule has 1 aromatic carbocycles. The molecule has 1 rings (SSSR count). The van der Waals surface area contributed by atoms with Gasteiger partial charge in [-0.3, -0.25) is 4.79 Å². The second kappa shape index (κ2) is 6.75. The average molecular weight is 426 g/mol. The summed E-state index contributed by atoms with van der Waals surface area (Å²) >= 11 is 5.43. The van der Waals surface area contributed by atoms with Gasteiger partial charge in [-0.25, -0.2) is 0 Å². The van der Waals surface area contributed by atoms with Gasteiger partial charge in [0.1, 0.15) is 5.75 Å². The highest BCUT2D eigenvalue weighted by atomic mass is 127. The minimum Gasteiger partial charge on any atom is -0.507 e. The number of nitrogens with one attached hydrogen (secondary N) is 1. The number of hydrogen-bond acceptors (Lipinski definition) is 2. The highest BCUT2D eigenvalue weighted by molar-refractivity contribution is 14.1. The topological polar surface area (TPSA) is 49.3 Å². The first-order chi connectivity index (χ1) is 8.35. The Bertz CT molecular complexity index is 435. The molecule has 100 valence electrons. The van der Waals surface area contributed by atoms with Gasteiger partial charge in [-0.15, -0.1) is 0 Å². The molecule has 3 nitrogen and oxygen atoms in total. The Morgan fingerprint density at radius 3 is 2.72 bits per heavy atom. The molecule has 0 atom stereocenters. The van der Waals surface area contributed by atoms with E-state index >= 15 is 0 Å². The molecule has 1 aromatic rings. The van der Waals surface area contributed by atoms with Crippen molar-refractivity contribution in [1.82, 2.24) is 5.32 Å². The molecule has 0 aliphatic rings. The van der Waals surface area contributed by atoms with E-state index in [4.69, 9.17) is 0 Å². The molecule has 0 heterocycles. The van der Waals surface area contributed by atoms with Crippen LogP contribution < -0.4 is 5.32 Å². The first-order valence-electron chi connectivity index (χ1n) is 5.68. The molecule has 0 saturated carbocycles. The summed E-state index contributed by atoms with van der Waals surface area (Å²) in [5, 5.41) is 13.4. The SMILES string of the molecule is CC(C)(CCBr)CNC(=O)c1ccc(I)c(O)c1. The number of carbonyl (C=O) groups is 1. The highest BCUT2D eigenvalue weighted by Crippen LogP contribution is 2.22.